The second-order valence-electron chi connectivity index (χ2n) is 7.38. The number of aromatic hydroxyl groups is 1. The number of nitrogens with one attached hydrogen (secondary N) is 1. The standard InChI is InChI=1S/C20H19F3N4O3/c1-19(2)29-10-12(30-19)8-25-18-15-9-24-6-5-13(15)17(26-27-18)14-4-3-11(7-16(14)28)20(21,22)23/h3-7,9,12,28H,8,10H2,1-2H3,(H,25,27)/t12-/m0/s1. The number of ether oxygens (including phenoxy) is 2. The third kappa shape index (κ3) is 4.01. The summed E-state index contributed by atoms with van der Waals surface area (Å²) >= 11 is 0. The van der Waals surface area contributed by atoms with E-state index in [2.05, 4.69) is 20.5 Å². The number of phenolic OH excluding ortho intramolecular Hbond substituents is 1. The van der Waals surface area contributed by atoms with Crippen molar-refractivity contribution in [3.05, 3.63) is 42.2 Å². The Kier molecular flexibility index (Phi) is 4.99. The molecule has 1 aliphatic heterocycles. The van der Waals surface area contributed by atoms with E-state index in [9.17, 15) is 18.3 Å². The summed E-state index contributed by atoms with van der Waals surface area (Å²) in [4.78, 5) is 4.11. The van der Waals surface area contributed by atoms with Gasteiger partial charge in [-0.2, -0.15) is 13.2 Å². The number of aromatic nitrogens is 3. The van der Waals surface area contributed by atoms with Gasteiger partial charge in [0, 0.05) is 35.3 Å². The molecule has 30 heavy (non-hydrogen) atoms. The van der Waals surface area contributed by atoms with Crippen molar-refractivity contribution >= 4 is 16.6 Å². The normalized spacial score (nSPS) is 18.6. The average Bonchev–Trinajstić information content (AvgIpc) is 3.04. The summed E-state index contributed by atoms with van der Waals surface area (Å²) in [6.07, 6.45) is -1.61. The van der Waals surface area contributed by atoms with Gasteiger partial charge in [-0.3, -0.25) is 4.98 Å². The molecular weight excluding hydrogens is 401 g/mol. The number of phenols is 1. The van der Waals surface area contributed by atoms with E-state index in [4.69, 9.17) is 9.47 Å². The van der Waals surface area contributed by atoms with Gasteiger partial charge >= 0.3 is 6.18 Å². The van der Waals surface area contributed by atoms with Crippen molar-refractivity contribution in [1.29, 1.82) is 0 Å². The molecule has 0 bridgehead atoms. The zero-order chi connectivity index (χ0) is 21.5. The average molecular weight is 420 g/mol. The first kappa shape index (κ1) is 20.3. The van der Waals surface area contributed by atoms with Gasteiger partial charge in [0.25, 0.3) is 0 Å². The van der Waals surface area contributed by atoms with Crippen LogP contribution >= 0.6 is 0 Å². The molecule has 1 aliphatic rings. The molecule has 0 amide bonds. The van der Waals surface area contributed by atoms with Gasteiger partial charge in [-0.15, -0.1) is 10.2 Å². The molecule has 1 saturated heterocycles. The van der Waals surface area contributed by atoms with Gasteiger partial charge in [-0.1, -0.05) is 0 Å². The number of benzene rings is 1. The Morgan fingerprint density at radius 3 is 2.67 bits per heavy atom. The second kappa shape index (κ2) is 7.37. The minimum Gasteiger partial charge on any atom is -0.507 e. The lowest BCUT2D eigenvalue weighted by Crippen LogP contribution is -2.26. The lowest BCUT2D eigenvalue weighted by molar-refractivity contribution is -0.138. The topological polar surface area (TPSA) is 89.4 Å². The molecule has 0 aliphatic carbocycles. The number of halogens is 3. The lowest BCUT2D eigenvalue weighted by Gasteiger charge is -2.18. The highest BCUT2D eigenvalue weighted by Crippen LogP contribution is 2.38. The van der Waals surface area contributed by atoms with Crippen molar-refractivity contribution in [2.45, 2.75) is 31.9 Å². The molecule has 7 nitrogen and oxygen atoms in total. The van der Waals surface area contributed by atoms with E-state index in [0.29, 0.717) is 35.8 Å². The number of hydrogen-bond acceptors (Lipinski definition) is 7. The van der Waals surface area contributed by atoms with Crippen LogP contribution in [0.2, 0.25) is 0 Å². The highest BCUT2D eigenvalue weighted by molar-refractivity contribution is 6.00. The molecule has 0 saturated carbocycles. The van der Waals surface area contributed by atoms with E-state index in [1.165, 1.54) is 12.3 Å². The number of pyridine rings is 1. The van der Waals surface area contributed by atoms with Crippen LogP contribution in [-0.4, -0.2) is 45.3 Å². The van der Waals surface area contributed by atoms with Gasteiger partial charge in [-0.05, 0) is 38.1 Å². The summed E-state index contributed by atoms with van der Waals surface area (Å²) in [5, 5.41) is 22.9. The van der Waals surface area contributed by atoms with E-state index in [-0.39, 0.29) is 17.4 Å². The van der Waals surface area contributed by atoms with Gasteiger partial charge in [0.15, 0.2) is 11.6 Å². The number of nitrogens with zero attached hydrogens (tertiary/aromatic N) is 3. The van der Waals surface area contributed by atoms with Crippen LogP contribution in [0.5, 0.6) is 5.75 Å². The minimum absolute atomic E-state index is 0.146. The van der Waals surface area contributed by atoms with Gasteiger partial charge < -0.3 is 19.9 Å². The molecule has 4 rings (SSSR count). The monoisotopic (exact) mass is 420 g/mol. The Labute approximate surface area is 169 Å². The Morgan fingerprint density at radius 1 is 1.20 bits per heavy atom. The molecule has 3 heterocycles. The van der Waals surface area contributed by atoms with Crippen molar-refractivity contribution in [3.63, 3.8) is 0 Å². The predicted molar refractivity (Wildman–Crippen MR) is 103 cm³/mol. The van der Waals surface area contributed by atoms with Crippen LogP contribution in [-0.2, 0) is 15.7 Å². The first-order chi connectivity index (χ1) is 14.1. The fourth-order valence-corrected chi connectivity index (χ4v) is 3.31. The minimum atomic E-state index is -4.55. The van der Waals surface area contributed by atoms with E-state index in [0.717, 1.165) is 6.07 Å². The molecule has 10 heteroatoms. The summed E-state index contributed by atoms with van der Waals surface area (Å²) in [5.41, 5.74) is -0.541. The highest BCUT2D eigenvalue weighted by atomic mass is 19.4. The fraction of sp³-hybridized carbons (Fsp3) is 0.350. The Morgan fingerprint density at radius 2 is 2.00 bits per heavy atom. The third-order valence-corrected chi connectivity index (χ3v) is 4.73. The zero-order valence-electron chi connectivity index (χ0n) is 16.2. The van der Waals surface area contributed by atoms with Crippen LogP contribution in [0.15, 0.2) is 36.7 Å². The quantitative estimate of drug-likeness (QED) is 0.660. The molecule has 2 aromatic heterocycles. The lowest BCUT2D eigenvalue weighted by atomic mass is 10.0. The Bertz CT molecular complexity index is 1090. The van der Waals surface area contributed by atoms with E-state index in [1.54, 1.807) is 12.3 Å². The van der Waals surface area contributed by atoms with Crippen molar-refractivity contribution in [2.24, 2.45) is 0 Å². The molecule has 2 N–H and O–H groups in total. The maximum absolute atomic E-state index is 12.9. The molecule has 0 spiro atoms. The molecule has 0 unspecified atom stereocenters. The predicted octanol–water partition coefficient (Wildman–Crippen LogP) is 3.98. The summed E-state index contributed by atoms with van der Waals surface area (Å²) in [6, 6.07) is 4.42. The van der Waals surface area contributed by atoms with E-state index < -0.39 is 23.3 Å². The molecule has 1 aromatic carbocycles. The van der Waals surface area contributed by atoms with Crippen LogP contribution in [0.25, 0.3) is 22.0 Å². The van der Waals surface area contributed by atoms with Crippen LogP contribution in [0, 0.1) is 0 Å². The molecule has 158 valence electrons. The highest BCUT2D eigenvalue weighted by Gasteiger charge is 2.33. The molecule has 1 fully saturated rings. The molecule has 0 radical (unpaired) electrons. The van der Waals surface area contributed by atoms with Gasteiger partial charge in [-0.25, -0.2) is 0 Å². The van der Waals surface area contributed by atoms with Crippen LogP contribution < -0.4 is 5.32 Å². The van der Waals surface area contributed by atoms with Gasteiger partial charge in [0.1, 0.15) is 17.5 Å². The first-order valence-electron chi connectivity index (χ1n) is 9.21. The number of rotatable bonds is 4. The maximum Gasteiger partial charge on any atom is 0.416 e. The maximum atomic E-state index is 12.9. The van der Waals surface area contributed by atoms with Gasteiger partial charge in [0.05, 0.1) is 12.2 Å². The Balaban J connectivity index is 1.66. The smallest absolute Gasteiger partial charge is 0.416 e. The van der Waals surface area contributed by atoms with E-state index >= 15 is 0 Å². The fourth-order valence-electron chi connectivity index (χ4n) is 3.31. The largest absolute Gasteiger partial charge is 0.507 e. The van der Waals surface area contributed by atoms with Gasteiger partial charge in [0.2, 0.25) is 0 Å². The van der Waals surface area contributed by atoms with E-state index in [1.807, 2.05) is 13.8 Å². The van der Waals surface area contributed by atoms with Crippen LogP contribution in [0.3, 0.4) is 0 Å². The van der Waals surface area contributed by atoms with Crippen LogP contribution in [0.4, 0.5) is 19.0 Å². The van der Waals surface area contributed by atoms with Crippen molar-refractivity contribution in [1.82, 2.24) is 15.2 Å². The third-order valence-electron chi connectivity index (χ3n) is 4.73. The Hall–Kier alpha value is -2.98. The summed E-state index contributed by atoms with van der Waals surface area (Å²) in [7, 11) is 0. The number of fused-ring (bicyclic) bond motifs is 1. The van der Waals surface area contributed by atoms with Crippen molar-refractivity contribution < 1.29 is 27.8 Å². The first-order valence-corrected chi connectivity index (χ1v) is 9.21. The summed E-state index contributed by atoms with van der Waals surface area (Å²) in [5.74, 6) is -0.732. The number of hydrogen-bond donors (Lipinski definition) is 2. The molecule has 3 aromatic rings. The second-order valence-corrected chi connectivity index (χ2v) is 7.38. The summed E-state index contributed by atoms with van der Waals surface area (Å²) < 4.78 is 50.0. The number of alkyl halides is 3. The molecular formula is C20H19F3N4O3. The zero-order valence-corrected chi connectivity index (χ0v) is 16.2. The van der Waals surface area contributed by atoms with Crippen LogP contribution in [0.1, 0.15) is 19.4 Å². The SMILES string of the molecule is CC1(C)OC[C@H](CNc2nnc(-c3ccc(C(F)(F)F)cc3O)c3ccncc23)O1. The van der Waals surface area contributed by atoms with Crippen molar-refractivity contribution in [2.75, 3.05) is 18.5 Å². The molecule has 1 atom stereocenters. The summed E-state index contributed by atoms with van der Waals surface area (Å²) in [6.45, 7) is 4.52. The number of anilines is 1. The van der Waals surface area contributed by atoms with Crippen molar-refractivity contribution in [3.8, 4) is 17.0 Å².